The number of amides is 2. The molecule has 0 saturated carbocycles. The van der Waals surface area contributed by atoms with Gasteiger partial charge in [0, 0.05) is 42.9 Å². The summed E-state index contributed by atoms with van der Waals surface area (Å²) in [6.45, 7) is 3.67. The van der Waals surface area contributed by atoms with Crippen LogP contribution in [0.15, 0.2) is 16.8 Å². The number of carbonyl (C=O) groups excluding carboxylic acids is 2. The molecule has 6 heteroatoms. The van der Waals surface area contributed by atoms with Gasteiger partial charge in [-0.3, -0.25) is 9.59 Å². The lowest BCUT2D eigenvalue weighted by Gasteiger charge is -2.17. The van der Waals surface area contributed by atoms with Crippen LogP contribution in [-0.2, 0) is 4.79 Å². The number of thiophene rings is 1. The molecule has 2 unspecified atom stereocenters. The molecule has 2 N–H and O–H groups in total. The van der Waals surface area contributed by atoms with E-state index in [0.717, 1.165) is 13.0 Å². The van der Waals surface area contributed by atoms with Gasteiger partial charge in [0.1, 0.15) is 0 Å². The van der Waals surface area contributed by atoms with E-state index in [1.54, 1.807) is 18.4 Å². The number of rotatable bonds is 6. The zero-order valence-corrected chi connectivity index (χ0v) is 13.1. The van der Waals surface area contributed by atoms with Crippen molar-refractivity contribution in [2.75, 3.05) is 19.6 Å². The molecule has 0 bridgehead atoms. The fourth-order valence-corrected chi connectivity index (χ4v) is 3.14. The van der Waals surface area contributed by atoms with Crippen LogP contribution < -0.4 is 5.32 Å². The van der Waals surface area contributed by atoms with Crippen molar-refractivity contribution in [1.29, 1.82) is 0 Å². The number of hydrogen-bond donors (Lipinski definition) is 2. The van der Waals surface area contributed by atoms with Crippen LogP contribution in [-0.4, -0.2) is 47.6 Å². The molecule has 21 heavy (non-hydrogen) atoms. The van der Waals surface area contributed by atoms with Crippen LogP contribution in [0.3, 0.4) is 0 Å². The van der Waals surface area contributed by atoms with E-state index in [4.69, 9.17) is 0 Å². The summed E-state index contributed by atoms with van der Waals surface area (Å²) in [7, 11) is 0. The van der Waals surface area contributed by atoms with Crippen molar-refractivity contribution >= 4 is 23.2 Å². The normalized spacial score (nSPS) is 19.5. The third kappa shape index (κ3) is 4.54. The first kappa shape index (κ1) is 16.0. The third-order valence-corrected chi connectivity index (χ3v) is 4.58. The third-order valence-electron chi connectivity index (χ3n) is 3.90. The lowest BCUT2D eigenvalue weighted by atomic mass is 10.0. The number of aliphatic hydroxyl groups excluding tert-OH is 1. The highest BCUT2D eigenvalue weighted by Gasteiger charge is 2.28. The lowest BCUT2D eigenvalue weighted by Crippen LogP contribution is -2.31. The van der Waals surface area contributed by atoms with Gasteiger partial charge in [0.2, 0.25) is 5.91 Å². The van der Waals surface area contributed by atoms with Gasteiger partial charge in [-0.05, 0) is 31.2 Å². The minimum atomic E-state index is -0.354. The van der Waals surface area contributed by atoms with E-state index in [2.05, 4.69) is 5.32 Å². The predicted molar refractivity (Wildman–Crippen MR) is 82.3 cm³/mol. The highest BCUT2D eigenvalue weighted by atomic mass is 32.1. The van der Waals surface area contributed by atoms with Crippen LogP contribution in [0.5, 0.6) is 0 Å². The Labute approximate surface area is 129 Å². The maximum atomic E-state index is 12.0. The molecule has 2 rings (SSSR count). The van der Waals surface area contributed by atoms with E-state index in [1.807, 2.05) is 10.3 Å². The first-order chi connectivity index (χ1) is 10.1. The topological polar surface area (TPSA) is 69.6 Å². The van der Waals surface area contributed by atoms with Crippen molar-refractivity contribution in [3.8, 4) is 0 Å². The molecular formula is C15H22N2O3S. The summed E-state index contributed by atoms with van der Waals surface area (Å²) < 4.78 is 0. The summed E-state index contributed by atoms with van der Waals surface area (Å²) in [4.78, 5) is 25.5. The Kier molecular flexibility index (Phi) is 5.76. The zero-order chi connectivity index (χ0) is 15.2. The van der Waals surface area contributed by atoms with Gasteiger partial charge in [0.15, 0.2) is 0 Å². The Morgan fingerprint density at radius 2 is 2.38 bits per heavy atom. The van der Waals surface area contributed by atoms with Crippen molar-refractivity contribution in [3.63, 3.8) is 0 Å². The van der Waals surface area contributed by atoms with Crippen LogP contribution in [0.2, 0.25) is 0 Å². The van der Waals surface area contributed by atoms with E-state index in [1.165, 1.54) is 11.3 Å². The summed E-state index contributed by atoms with van der Waals surface area (Å²) >= 11 is 1.49. The molecule has 1 aromatic heterocycles. The molecule has 0 radical (unpaired) electrons. The fourth-order valence-electron chi connectivity index (χ4n) is 2.50. The molecule has 1 fully saturated rings. The summed E-state index contributed by atoms with van der Waals surface area (Å²) in [5, 5.41) is 16.0. The Balaban J connectivity index is 1.63. The van der Waals surface area contributed by atoms with Gasteiger partial charge in [-0.2, -0.15) is 11.3 Å². The van der Waals surface area contributed by atoms with Crippen LogP contribution in [0.4, 0.5) is 0 Å². The maximum Gasteiger partial charge on any atom is 0.252 e. The van der Waals surface area contributed by atoms with Gasteiger partial charge >= 0.3 is 0 Å². The molecule has 2 heterocycles. The van der Waals surface area contributed by atoms with Gasteiger partial charge < -0.3 is 15.3 Å². The second-order valence-electron chi connectivity index (χ2n) is 5.50. The second kappa shape index (κ2) is 7.56. The van der Waals surface area contributed by atoms with Crippen molar-refractivity contribution < 1.29 is 14.7 Å². The number of likely N-dealkylation sites (tertiary alicyclic amines) is 1. The largest absolute Gasteiger partial charge is 0.393 e. The van der Waals surface area contributed by atoms with Gasteiger partial charge in [-0.1, -0.05) is 0 Å². The Bertz CT molecular complexity index is 473. The molecule has 2 amide bonds. The standard InChI is InChI=1S/C15H22N2O3S/c1-11(18)12-4-7-17(9-12)14(19)3-2-6-16-15(20)13-5-8-21-10-13/h5,8,10-12,18H,2-4,6-7,9H2,1H3,(H,16,20). The number of aliphatic hydroxyl groups is 1. The number of hydrogen-bond acceptors (Lipinski definition) is 4. The monoisotopic (exact) mass is 310 g/mol. The molecule has 0 aliphatic carbocycles. The molecule has 1 aromatic rings. The van der Waals surface area contributed by atoms with E-state index >= 15 is 0 Å². The van der Waals surface area contributed by atoms with Crippen molar-refractivity contribution in [1.82, 2.24) is 10.2 Å². The quantitative estimate of drug-likeness (QED) is 0.782. The SMILES string of the molecule is CC(O)C1CCN(C(=O)CCCNC(=O)c2ccsc2)C1. The van der Waals surface area contributed by atoms with Crippen molar-refractivity contribution in [2.45, 2.75) is 32.3 Å². The van der Waals surface area contributed by atoms with Gasteiger partial charge in [-0.15, -0.1) is 0 Å². The van der Waals surface area contributed by atoms with E-state index in [0.29, 0.717) is 31.5 Å². The predicted octanol–water partition coefficient (Wildman–Crippen LogP) is 1.49. The van der Waals surface area contributed by atoms with Gasteiger partial charge in [0.05, 0.1) is 6.10 Å². The molecule has 116 valence electrons. The number of nitrogens with zero attached hydrogens (tertiary/aromatic N) is 1. The van der Waals surface area contributed by atoms with Crippen LogP contribution >= 0.6 is 11.3 Å². The van der Waals surface area contributed by atoms with Crippen LogP contribution in [0.1, 0.15) is 36.5 Å². The molecule has 2 atom stereocenters. The Hall–Kier alpha value is -1.40. The molecule has 0 spiro atoms. The molecule has 1 aliphatic heterocycles. The smallest absolute Gasteiger partial charge is 0.252 e. The average Bonchev–Trinajstić information content (AvgIpc) is 3.13. The summed E-state index contributed by atoms with van der Waals surface area (Å²) in [6, 6.07) is 1.78. The van der Waals surface area contributed by atoms with E-state index in [9.17, 15) is 14.7 Å². The molecule has 0 aromatic carbocycles. The highest BCUT2D eigenvalue weighted by molar-refractivity contribution is 7.08. The average molecular weight is 310 g/mol. The minimum absolute atomic E-state index is 0.0842. The molecule has 1 saturated heterocycles. The van der Waals surface area contributed by atoms with Gasteiger partial charge in [0.25, 0.3) is 5.91 Å². The summed E-state index contributed by atoms with van der Waals surface area (Å²) in [5.41, 5.74) is 0.672. The summed E-state index contributed by atoms with van der Waals surface area (Å²) in [5.74, 6) is 0.231. The summed E-state index contributed by atoms with van der Waals surface area (Å²) in [6.07, 6.45) is 1.60. The Morgan fingerprint density at radius 3 is 3.00 bits per heavy atom. The van der Waals surface area contributed by atoms with E-state index in [-0.39, 0.29) is 23.8 Å². The minimum Gasteiger partial charge on any atom is -0.393 e. The second-order valence-corrected chi connectivity index (χ2v) is 6.28. The zero-order valence-electron chi connectivity index (χ0n) is 12.2. The number of carbonyl (C=O) groups is 2. The molecular weight excluding hydrogens is 288 g/mol. The highest BCUT2D eigenvalue weighted by Crippen LogP contribution is 2.20. The van der Waals surface area contributed by atoms with Crippen molar-refractivity contribution in [3.05, 3.63) is 22.4 Å². The van der Waals surface area contributed by atoms with E-state index < -0.39 is 0 Å². The lowest BCUT2D eigenvalue weighted by molar-refractivity contribution is -0.130. The first-order valence-electron chi connectivity index (χ1n) is 7.34. The van der Waals surface area contributed by atoms with Crippen LogP contribution in [0, 0.1) is 5.92 Å². The Morgan fingerprint density at radius 1 is 1.57 bits per heavy atom. The first-order valence-corrected chi connectivity index (χ1v) is 8.28. The molecule has 1 aliphatic rings. The van der Waals surface area contributed by atoms with Gasteiger partial charge in [-0.25, -0.2) is 0 Å². The number of nitrogens with one attached hydrogen (secondary N) is 1. The molecule has 5 nitrogen and oxygen atoms in total. The van der Waals surface area contributed by atoms with Crippen LogP contribution in [0.25, 0.3) is 0 Å². The fraction of sp³-hybridized carbons (Fsp3) is 0.600. The maximum absolute atomic E-state index is 12.0. The van der Waals surface area contributed by atoms with Crippen molar-refractivity contribution in [2.24, 2.45) is 5.92 Å².